The summed E-state index contributed by atoms with van der Waals surface area (Å²) in [6.45, 7) is 6.21. The summed E-state index contributed by atoms with van der Waals surface area (Å²) in [4.78, 5) is 4.55. The molecule has 0 aliphatic carbocycles. The van der Waals surface area contributed by atoms with Gasteiger partial charge in [-0.15, -0.1) is 0 Å². The van der Waals surface area contributed by atoms with Gasteiger partial charge in [0.15, 0.2) is 11.6 Å². The quantitative estimate of drug-likeness (QED) is 0.806. The molecule has 17 heavy (non-hydrogen) atoms. The first-order chi connectivity index (χ1) is 7.99. The number of aryl methyl sites for hydroxylation is 2. The standard InChI is InChI=1S/C13H18N4/c1-8(2)12-15-13(17(4)16-12)10-7-9(3)5-6-11(10)14/h5-8H,14H2,1-4H3. The van der Waals surface area contributed by atoms with Crippen molar-refractivity contribution in [2.24, 2.45) is 7.05 Å². The molecule has 1 aromatic heterocycles. The van der Waals surface area contributed by atoms with Crippen LogP contribution < -0.4 is 5.73 Å². The highest BCUT2D eigenvalue weighted by atomic mass is 15.3. The minimum atomic E-state index is 0.320. The van der Waals surface area contributed by atoms with Crippen LogP contribution in [0.1, 0.15) is 31.2 Å². The van der Waals surface area contributed by atoms with E-state index in [2.05, 4.69) is 23.9 Å². The number of nitrogens with two attached hydrogens (primary N) is 1. The second kappa shape index (κ2) is 4.20. The van der Waals surface area contributed by atoms with Gasteiger partial charge in [0, 0.05) is 24.2 Å². The smallest absolute Gasteiger partial charge is 0.160 e. The number of nitrogen functional groups attached to an aromatic ring is 1. The molecular weight excluding hydrogens is 212 g/mol. The van der Waals surface area contributed by atoms with E-state index in [9.17, 15) is 0 Å². The summed E-state index contributed by atoms with van der Waals surface area (Å²) >= 11 is 0. The molecule has 0 aliphatic heterocycles. The summed E-state index contributed by atoms with van der Waals surface area (Å²) in [6.07, 6.45) is 0. The van der Waals surface area contributed by atoms with Gasteiger partial charge in [0.25, 0.3) is 0 Å². The fraction of sp³-hybridized carbons (Fsp3) is 0.385. The second-order valence-electron chi connectivity index (χ2n) is 4.66. The Bertz CT molecular complexity index is 540. The summed E-state index contributed by atoms with van der Waals surface area (Å²) in [7, 11) is 1.90. The van der Waals surface area contributed by atoms with Crippen molar-refractivity contribution in [1.82, 2.24) is 14.8 Å². The van der Waals surface area contributed by atoms with Crippen molar-refractivity contribution in [3.05, 3.63) is 29.6 Å². The molecule has 2 rings (SSSR count). The van der Waals surface area contributed by atoms with Crippen LogP contribution in [-0.4, -0.2) is 14.8 Å². The Balaban J connectivity index is 2.56. The normalized spacial score (nSPS) is 11.1. The Morgan fingerprint density at radius 3 is 2.59 bits per heavy atom. The summed E-state index contributed by atoms with van der Waals surface area (Å²) in [5, 5.41) is 4.41. The molecule has 0 fully saturated rings. The van der Waals surface area contributed by atoms with E-state index in [1.165, 1.54) is 5.56 Å². The zero-order valence-corrected chi connectivity index (χ0v) is 10.7. The van der Waals surface area contributed by atoms with Crippen LogP contribution >= 0.6 is 0 Å². The van der Waals surface area contributed by atoms with Gasteiger partial charge in [0.1, 0.15) is 0 Å². The molecule has 0 bridgehead atoms. The first-order valence-corrected chi connectivity index (χ1v) is 5.76. The third-order valence-electron chi connectivity index (χ3n) is 2.75. The van der Waals surface area contributed by atoms with E-state index in [1.54, 1.807) is 4.68 Å². The van der Waals surface area contributed by atoms with Crippen LogP contribution in [0.3, 0.4) is 0 Å². The molecule has 2 N–H and O–H groups in total. The Kier molecular flexibility index (Phi) is 2.88. The van der Waals surface area contributed by atoms with Crippen LogP contribution in [0.5, 0.6) is 0 Å². The molecule has 0 atom stereocenters. The zero-order valence-electron chi connectivity index (χ0n) is 10.7. The molecule has 1 heterocycles. The van der Waals surface area contributed by atoms with Crippen LogP contribution in [-0.2, 0) is 7.05 Å². The van der Waals surface area contributed by atoms with Gasteiger partial charge < -0.3 is 5.73 Å². The van der Waals surface area contributed by atoms with Gasteiger partial charge in [-0.1, -0.05) is 25.5 Å². The largest absolute Gasteiger partial charge is 0.398 e. The molecular formula is C13H18N4. The second-order valence-corrected chi connectivity index (χ2v) is 4.66. The topological polar surface area (TPSA) is 56.7 Å². The molecule has 1 aromatic carbocycles. The Morgan fingerprint density at radius 1 is 1.29 bits per heavy atom. The lowest BCUT2D eigenvalue weighted by Crippen LogP contribution is -1.98. The molecule has 0 spiro atoms. The average Bonchev–Trinajstić information content (AvgIpc) is 2.64. The minimum absolute atomic E-state index is 0.320. The lowest BCUT2D eigenvalue weighted by molar-refractivity contribution is 0.712. The van der Waals surface area contributed by atoms with E-state index in [-0.39, 0.29) is 0 Å². The van der Waals surface area contributed by atoms with Crippen LogP contribution in [0.4, 0.5) is 5.69 Å². The number of rotatable bonds is 2. The monoisotopic (exact) mass is 230 g/mol. The highest BCUT2D eigenvalue weighted by Gasteiger charge is 2.14. The van der Waals surface area contributed by atoms with E-state index in [0.717, 1.165) is 22.9 Å². The molecule has 0 amide bonds. The average molecular weight is 230 g/mol. The van der Waals surface area contributed by atoms with Crippen LogP contribution in [0.25, 0.3) is 11.4 Å². The first kappa shape index (κ1) is 11.6. The number of anilines is 1. The maximum absolute atomic E-state index is 5.99. The van der Waals surface area contributed by atoms with E-state index in [1.807, 2.05) is 32.2 Å². The lowest BCUT2D eigenvalue weighted by Gasteiger charge is -2.05. The Labute approximate surface area is 101 Å². The summed E-state index contributed by atoms with van der Waals surface area (Å²) in [6, 6.07) is 5.95. The van der Waals surface area contributed by atoms with Crippen molar-refractivity contribution in [3.63, 3.8) is 0 Å². The van der Waals surface area contributed by atoms with Crippen molar-refractivity contribution >= 4 is 5.69 Å². The molecule has 2 aromatic rings. The number of nitrogens with zero attached hydrogens (tertiary/aromatic N) is 3. The van der Waals surface area contributed by atoms with Gasteiger partial charge in [-0.3, -0.25) is 0 Å². The first-order valence-electron chi connectivity index (χ1n) is 5.76. The zero-order chi connectivity index (χ0) is 12.6. The van der Waals surface area contributed by atoms with Gasteiger partial charge in [-0.05, 0) is 19.1 Å². The molecule has 0 aliphatic rings. The van der Waals surface area contributed by atoms with Crippen molar-refractivity contribution in [2.75, 3.05) is 5.73 Å². The fourth-order valence-corrected chi connectivity index (χ4v) is 1.75. The van der Waals surface area contributed by atoms with Gasteiger partial charge in [-0.2, -0.15) is 5.10 Å². The molecule has 4 heteroatoms. The number of hydrogen-bond acceptors (Lipinski definition) is 3. The van der Waals surface area contributed by atoms with Crippen molar-refractivity contribution in [3.8, 4) is 11.4 Å². The predicted octanol–water partition coefficient (Wildman–Crippen LogP) is 2.50. The van der Waals surface area contributed by atoms with Crippen molar-refractivity contribution in [2.45, 2.75) is 26.7 Å². The predicted molar refractivity (Wildman–Crippen MR) is 69.7 cm³/mol. The van der Waals surface area contributed by atoms with Crippen molar-refractivity contribution < 1.29 is 0 Å². The number of benzene rings is 1. The summed E-state index contributed by atoms with van der Waals surface area (Å²) in [5.74, 6) is 2.00. The maximum Gasteiger partial charge on any atom is 0.160 e. The Hall–Kier alpha value is -1.84. The maximum atomic E-state index is 5.99. The van der Waals surface area contributed by atoms with E-state index in [4.69, 9.17) is 5.73 Å². The van der Waals surface area contributed by atoms with Gasteiger partial charge in [0.2, 0.25) is 0 Å². The molecule has 90 valence electrons. The molecule has 0 unspecified atom stereocenters. The minimum Gasteiger partial charge on any atom is -0.398 e. The SMILES string of the molecule is Cc1ccc(N)c(-c2nc(C(C)C)nn2C)c1. The third kappa shape index (κ3) is 2.16. The fourth-order valence-electron chi connectivity index (χ4n) is 1.75. The van der Waals surface area contributed by atoms with E-state index in [0.29, 0.717) is 5.92 Å². The molecule has 0 saturated carbocycles. The van der Waals surface area contributed by atoms with Crippen molar-refractivity contribution in [1.29, 1.82) is 0 Å². The molecule has 0 radical (unpaired) electrons. The molecule has 0 saturated heterocycles. The molecule has 4 nitrogen and oxygen atoms in total. The van der Waals surface area contributed by atoms with Gasteiger partial charge in [0.05, 0.1) is 0 Å². The Morgan fingerprint density at radius 2 is 2.00 bits per heavy atom. The van der Waals surface area contributed by atoms with Crippen LogP contribution in [0.2, 0.25) is 0 Å². The summed E-state index contributed by atoms with van der Waals surface area (Å²) in [5.41, 5.74) is 8.85. The third-order valence-corrected chi connectivity index (χ3v) is 2.75. The number of aromatic nitrogens is 3. The van der Waals surface area contributed by atoms with Gasteiger partial charge >= 0.3 is 0 Å². The summed E-state index contributed by atoms with van der Waals surface area (Å²) < 4.78 is 1.79. The highest BCUT2D eigenvalue weighted by molar-refractivity contribution is 5.72. The lowest BCUT2D eigenvalue weighted by atomic mass is 10.1. The van der Waals surface area contributed by atoms with Crippen LogP contribution in [0.15, 0.2) is 18.2 Å². The van der Waals surface area contributed by atoms with Gasteiger partial charge in [-0.25, -0.2) is 9.67 Å². The number of hydrogen-bond donors (Lipinski definition) is 1. The van der Waals surface area contributed by atoms with Crippen LogP contribution in [0, 0.1) is 6.92 Å². The van der Waals surface area contributed by atoms with E-state index < -0.39 is 0 Å². The highest BCUT2D eigenvalue weighted by Crippen LogP contribution is 2.26. The van der Waals surface area contributed by atoms with E-state index >= 15 is 0 Å².